The molecule has 3 heteroatoms. The molecule has 2 nitrogen and oxygen atoms in total. The molecule has 1 aromatic carbocycles. The number of thiophene rings is 1. The number of hydrogen-bond donors (Lipinski definition) is 0. The Hall–Kier alpha value is -1.87. The van der Waals surface area contributed by atoms with Crippen molar-refractivity contribution in [2.24, 2.45) is 0 Å². The molecule has 1 aromatic heterocycles. The van der Waals surface area contributed by atoms with E-state index < -0.39 is 0 Å². The molecule has 0 saturated heterocycles. The summed E-state index contributed by atoms with van der Waals surface area (Å²) in [5.41, 5.74) is 1.00. The number of carbonyl (C=O) groups excluding carboxylic acids is 1. The fraction of sp³-hybridized carbons (Fsp3) is 0.316. The SMILES string of the molecule is CCCCCCOc1ccc(C=CC(=O)c2cccs2)cc1. The molecular weight excluding hydrogens is 292 g/mol. The Bertz CT molecular complexity index is 582. The minimum atomic E-state index is 0.0475. The number of benzene rings is 1. The van der Waals surface area contributed by atoms with Crippen LogP contribution in [0.2, 0.25) is 0 Å². The summed E-state index contributed by atoms with van der Waals surface area (Å²) in [6.07, 6.45) is 8.29. The Morgan fingerprint density at radius 3 is 2.64 bits per heavy atom. The van der Waals surface area contributed by atoms with E-state index in [1.54, 1.807) is 6.08 Å². The van der Waals surface area contributed by atoms with E-state index in [0.717, 1.165) is 29.2 Å². The standard InChI is InChI=1S/C19H22O2S/c1-2-3-4-5-14-21-17-11-8-16(9-12-17)10-13-18(20)19-7-6-15-22-19/h6-13,15H,2-5,14H2,1H3. The third-order valence-electron chi connectivity index (χ3n) is 3.34. The van der Waals surface area contributed by atoms with Crippen LogP contribution in [0.5, 0.6) is 5.75 Å². The molecule has 0 atom stereocenters. The lowest BCUT2D eigenvalue weighted by molar-refractivity contribution is 0.105. The van der Waals surface area contributed by atoms with E-state index in [-0.39, 0.29) is 5.78 Å². The molecule has 0 aliphatic heterocycles. The highest BCUT2D eigenvalue weighted by atomic mass is 32.1. The maximum Gasteiger partial charge on any atom is 0.195 e. The average molecular weight is 314 g/mol. The van der Waals surface area contributed by atoms with Crippen molar-refractivity contribution in [1.29, 1.82) is 0 Å². The van der Waals surface area contributed by atoms with Crippen molar-refractivity contribution in [3.8, 4) is 5.75 Å². The topological polar surface area (TPSA) is 26.3 Å². The number of unbranched alkanes of at least 4 members (excludes halogenated alkanes) is 3. The van der Waals surface area contributed by atoms with E-state index in [1.807, 2.05) is 47.9 Å². The molecule has 22 heavy (non-hydrogen) atoms. The van der Waals surface area contributed by atoms with Crippen LogP contribution in [0, 0.1) is 0 Å². The second kappa shape index (κ2) is 9.21. The summed E-state index contributed by atoms with van der Waals surface area (Å²) >= 11 is 1.46. The van der Waals surface area contributed by atoms with Crippen LogP contribution in [-0.4, -0.2) is 12.4 Å². The molecule has 0 aliphatic carbocycles. The van der Waals surface area contributed by atoms with Crippen molar-refractivity contribution in [2.75, 3.05) is 6.61 Å². The summed E-state index contributed by atoms with van der Waals surface area (Å²) in [6, 6.07) is 11.6. The monoisotopic (exact) mass is 314 g/mol. The molecule has 2 rings (SSSR count). The Balaban J connectivity index is 1.80. The quantitative estimate of drug-likeness (QED) is 0.342. The number of hydrogen-bond acceptors (Lipinski definition) is 3. The fourth-order valence-corrected chi connectivity index (χ4v) is 2.71. The molecule has 1 heterocycles. The molecule has 2 aromatic rings. The molecule has 0 N–H and O–H groups in total. The zero-order valence-electron chi connectivity index (χ0n) is 13.0. The molecule has 0 aliphatic rings. The van der Waals surface area contributed by atoms with Crippen molar-refractivity contribution < 1.29 is 9.53 Å². The Morgan fingerprint density at radius 2 is 1.95 bits per heavy atom. The van der Waals surface area contributed by atoms with Crippen molar-refractivity contribution in [1.82, 2.24) is 0 Å². The molecular formula is C19H22O2S. The first-order valence-electron chi connectivity index (χ1n) is 7.78. The third-order valence-corrected chi connectivity index (χ3v) is 4.22. The Morgan fingerprint density at radius 1 is 1.14 bits per heavy atom. The smallest absolute Gasteiger partial charge is 0.195 e. The first-order chi connectivity index (χ1) is 10.8. The van der Waals surface area contributed by atoms with Crippen LogP contribution < -0.4 is 4.74 Å². The molecule has 0 radical (unpaired) electrons. The van der Waals surface area contributed by atoms with Crippen molar-refractivity contribution in [3.63, 3.8) is 0 Å². The van der Waals surface area contributed by atoms with E-state index in [2.05, 4.69) is 6.92 Å². The summed E-state index contributed by atoms with van der Waals surface area (Å²) in [4.78, 5) is 12.6. The van der Waals surface area contributed by atoms with Gasteiger partial charge in [-0.3, -0.25) is 4.79 Å². The highest BCUT2D eigenvalue weighted by molar-refractivity contribution is 7.12. The second-order valence-electron chi connectivity index (χ2n) is 5.15. The van der Waals surface area contributed by atoms with Crippen molar-refractivity contribution >= 4 is 23.2 Å². The predicted octanol–water partition coefficient (Wildman–Crippen LogP) is 5.60. The second-order valence-corrected chi connectivity index (χ2v) is 6.10. The predicted molar refractivity (Wildman–Crippen MR) is 93.8 cm³/mol. The highest BCUT2D eigenvalue weighted by Gasteiger charge is 2.01. The van der Waals surface area contributed by atoms with Gasteiger partial charge >= 0.3 is 0 Å². The van der Waals surface area contributed by atoms with Gasteiger partial charge in [-0.25, -0.2) is 0 Å². The molecule has 116 valence electrons. The first kappa shape index (κ1) is 16.5. The average Bonchev–Trinajstić information content (AvgIpc) is 3.08. The number of allylic oxidation sites excluding steroid dienone is 1. The van der Waals surface area contributed by atoms with E-state index in [4.69, 9.17) is 4.74 Å². The number of ether oxygens (including phenoxy) is 1. The Labute approximate surface area is 136 Å². The third kappa shape index (κ3) is 5.49. The van der Waals surface area contributed by atoms with Gasteiger partial charge in [0.2, 0.25) is 0 Å². The van der Waals surface area contributed by atoms with Gasteiger partial charge in [0.05, 0.1) is 11.5 Å². The van der Waals surface area contributed by atoms with E-state index in [9.17, 15) is 4.79 Å². The maximum absolute atomic E-state index is 11.9. The van der Waals surface area contributed by atoms with Crippen LogP contribution in [0.1, 0.15) is 47.8 Å². The molecule has 0 amide bonds. The lowest BCUT2D eigenvalue weighted by Gasteiger charge is -2.05. The van der Waals surface area contributed by atoms with E-state index in [1.165, 1.54) is 30.6 Å². The minimum absolute atomic E-state index is 0.0475. The van der Waals surface area contributed by atoms with E-state index >= 15 is 0 Å². The first-order valence-corrected chi connectivity index (χ1v) is 8.66. The fourth-order valence-electron chi connectivity index (χ4n) is 2.07. The molecule has 0 fully saturated rings. The number of rotatable bonds is 9. The summed E-state index contributed by atoms with van der Waals surface area (Å²) in [5, 5.41) is 1.91. The molecule has 0 saturated carbocycles. The van der Waals surface area contributed by atoms with Gasteiger partial charge in [-0.2, -0.15) is 0 Å². The van der Waals surface area contributed by atoms with Crippen LogP contribution in [0.25, 0.3) is 6.08 Å². The lowest BCUT2D eigenvalue weighted by atomic mass is 10.2. The lowest BCUT2D eigenvalue weighted by Crippen LogP contribution is -1.97. The van der Waals surface area contributed by atoms with Gasteiger partial charge in [-0.15, -0.1) is 11.3 Å². The van der Waals surface area contributed by atoms with Gasteiger partial charge in [0.25, 0.3) is 0 Å². The van der Waals surface area contributed by atoms with Gasteiger partial charge in [0.15, 0.2) is 5.78 Å². The number of carbonyl (C=O) groups is 1. The molecule has 0 spiro atoms. The van der Waals surface area contributed by atoms with E-state index in [0.29, 0.717) is 0 Å². The zero-order chi connectivity index (χ0) is 15.6. The molecule has 0 unspecified atom stereocenters. The van der Waals surface area contributed by atoms with Crippen molar-refractivity contribution in [2.45, 2.75) is 32.6 Å². The number of ketones is 1. The van der Waals surface area contributed by atoms with Crippen LogP contribution >= 0.6 is 11.3 Å². The van der Waals surface area contributed by atoms with Gasteiger partial charge in [-0.05, 0) is 41.6 Å². The van der Waals surface area contributed by atoms with Gasteiger partial charge in [-0.1, -0.05) is 50.5 Å². The summed E-state index contributed by atoms with van der Waals surface area (Å²) in [5.74, 6) is 0.935. The largest absolute Gasteiger partial charge is 0.494 e. The van der Waals surface area contributed by atoms with Crippen molar-refractivity contribution in [3.05, 3.63) is 58.3 Å². The van der Waals surface area contributed by atoms with Gasteiger partial charge < -0.3 is 4.74 Å². The summed E-state index contributed by atoms with van der Waals surface area (Å²) in [7, 11) is 0. The summed E-state index contributed by atoms with van der Waals surface area (Å²) < 4.78 is 5.70. The normalized spacial score (nSPS) is 11.0. The van der Waals surface area contributed by atoms with Crippen LogP contribution in [0.15, 0.2) is 47.9 Å². The van der Waals surface area contributed by atoms with Gasteiger partial charge in [0, 0.05) is 0 Å². The Kier molecular flexibility index (Phi) is 6.91. The van der Waals surface area contributed by atoms with Crippen LogP contribution in [0.3, 0.4) is 0 Å². The zero-order valence-corrected chi connectivity index (χ0v) is 13.8. The molecule has 0 bridgehead atoms. The highest BCUT2D eigenvalue weighted by Crippen LogP contribution is 2.15. The maximum atomic E-state index is 11.9. The van der Waals surface area contributed by atoms with Crippen LogP contribution in [-0.2, 0) is 0 Å². The van der Waals surface area contributed by atoms with Crippen LogP contribution in [0.4, 0.5) is 0 Å². The minimum Gasteiger partial charge on any atom is -0.494 e. The van der Waals surface area contributed by atoms with Gasteiger partial charge in [0.1, 0.15) is 5.75 Å². The summed E-state index contributed by atoms with van der Waals surface area (Å²) in [6.45, 7) is 2.97.